The van der Waals surface area contributed by atoms with Crippen molar-refractivity contribution in [2.75, 3.05) is 13.2 Å². The van der Waals surface area contributed by atoms with Gasteiger partial charge in [0, 0.05) is 6.61 Å². The Morgan fingerprint density at radius 3 is 2.40 bits per heavy atom. The van der Waals surface area contributed by atoms with Crippen molar-refractivity contribution in [2.24, 2.45) is 0 Å². The van der Waals surface area contributed by atoms with Crippen LogP contribution in [-0.4, -0.2) is 30.7 Å². The number of hydrogen-bond donors (Lipinski definition) is 1. The van der Waals surface area contributed by atoms with Crippen LogP contribution in [0.5, 0.6) is 0 Å². The zero-order valence-corrected chi connectivity index (χ0v) is 6.83. The molecule has 0 aromatic carbocycles. The van der Waals surface area contributed by atoms with E-state index < -0.39 is 0 Å². The van der Waals surface area contributed by atoms with Crippen LogP contribution in [0.2, 0.25) is 0 Å². The molecule has 0 aliphatic rings. The van der Waals surface area contributed by atoms with E-state index in [1.807, 2.05) is 13.8 Å². The molecule has 62 valence electrons. The first-order valence-electron chi connectivity index (χ1n) is 3.58. The van der Waals surface area contributed by atoms with Gasteiger partial charge in [0.15, 0.2) is 6.29 Å². The molecule has 3 heteroatoms. The van der Waals surface area contributed by atoms with Gasteiger partial charge in [-0.15, -0.1) is 0 Å². The highest BCUT2D eigenvalue weighted by atomic mass is 16.7. The van der Waals surface area contributed by atoms with Crippen molar-refractivity contribution in [2.45, 2.75) is 33.2 Å². The quantitative estimate of drug-likeness (QED) is 0.585. The molecule has 0 bridgehead atoms. The van der Waals surface area contributed by atoms with E-state index in [9.17, 15) is 0 Å². The first kappa shape index (κ1) is 9.88. The molecule has 0 rings (SSSR count). The molecular formula is C7H16O3. The molecule has 0 radical (unpaired) electrons. The minimum atomic E-state index is -0.216. The first-order valence-corrected chi connectivity index (χ1v) is 3.58. The van der Waals surface area contributed by atoms with Crippen molar-refractivity contribution in [3.63, 3.8) is 0 Å². The zero-order valence-electron chi connectivity index (χ0n) is 6.83. The van der Waals surface area contributed by atoms with Crippen LogP contribution in [0.15, 0.2) is 0 Å². The molecule has 0 aromatic heterocycles. The zero-order chi connectivity index (χ0) is 7.98. The molecule has 0 saturated carbocycles. The molecule has 0 aliphatic carbocycles. The van der Waals surface area contributed by atoms with E-state index in [1.165, 1.54) is 0 Å². The summed E-state index contributed by atoms with van der Waals surface area (Å²) in [5.41, 5.74) is 0. The Labute approximate surface area is 62.0 Å². The van der Waals surface area contributed by atoms with E-state index in [1.54, 1.807) is 6.92 Å². The van der Waals surface area contributed by atoms with Crippen LogP contribution < -0.4 is 0 Å². The number of ether oxygens (including phenoxy) is 2. The fraction of sp³-hybridized carbons (Fsp3) is 1.00. The fourth-order valence-corrected chi connectivity index (χ4v) is 0.644. The Hall–Kier alpha value is -0.120. The van der Waals surface area contributed by atoms with Gasteiger partial charge in [0.2, 0.25) is 0 Å². The molecule has 0 heterocycles. The minimum absolute atomic E-state index is 0.0391. The number of hydrogen-bond acceptors (Lipinski definition) is 3. The Morgan fingerprint density at radius 1 is 1.40 bits per heavy atom. The fourth-order valence-electron chi connectivity index (χ4n) is 0.644. The summed E-state index contributed by atoms with van der Waals surface area (Å²) in [5.74, 6) is 0. The van der Waals surface area contributed by atoms with Gasteiger partial charge in [0.05, 0.1) is 12.7 Å². The molecule has 3 nitrogen and oxygen atoms in total. The van der Waals surface area contributed by atoms with Gasteiger partial charge in [-0.25, -0.2) is 0 Å². The highest BCUT2D eigenvalue weighted by molar-refractivity contribution is 4.44. The summed E-state index contributed by atoms with van der Waals surface area (Å²) >= 11 is 0. The van der Waals surface area contributed by atoms with Crippen LogP contribution in [0.1, 0.15) is 20.8 Å². The number of aliphatic hydroxyl groups excluding tert-OH is 1. The van der Waals surface area contributed by atoms with E-state index in [0.717, 1.165) is 0 Å². The normalized spacial score (nSPS) is 16.8. The molecule has 0 aliphatic heterocycles. The second-order valence-corrected chi connectivity index (χ2v) is 2.15. The van der Waals surface area contributed by atoms with Gasteiger partial charge in [-0.05, 0) is 20.8 Å². The third-order valence-corrected chi connectivity index (χ3v) is 1.08. The second-order valence-electron chi connectivity index (χ2n) is 2.15. The summed E-state index contributed by atoms with van der Waals surface area (Å²) in [6.45, 7) is 6.20. The maximum atomic E-state index is 8.57. The summed E-state index contributed by atoms with van der Waals surface area (Å²) in [6, 6.07) is 0. The van der Waals surface area contributed by atoms with E-state index >= 15 is 0 Å². The number of aliphatic hydroxyl groups is 1. The Morgan fingerprint density at radius 2 is 2.00 bits per heavy atom. The van der Waals surface area contributed by atoms with Crippen molar-refractivity contribution in [3.8, 4) is 0 Å². The van der Waals surface area contributed by atoms with Crippen molar-refractivity contribution < 1.29 is 14.6 Å². The monoisotopic (exact) mass is 148 g/mol. The Balaban J connectivity index is 3.27. The van der Waals surface area contributed by atoms with Crippen molar-refractivity contribution in [1.82, 2.24) is 0 Å². The molecule has 0 spiro atoms. The van der Waals surface area contributed by atoms with Gasteiger partial charge in [0.1, 0.15) is 0 Å². The lowest BCUT2D eigenvalue weighted by molar-refractivity contribution is -0.160. The van der Waals surface area contributed by atoms with Crippen molar-refractivity contribution in [3.05, 3.63) is 0 Å². The molecule has 1 N–H and O–H groups in total. The topological polar surface area (TPSA) is 38.7 Å². The molecule has 0 aromatic rings. The lowest BCUT2D eigenvalue weighted by Crippen LogP contribution is -2.22. The van der Waals surface area contributed by atoms with Gasteiger partial charge in [0.25, 0.3) is 0 Å². The summed E-state index contributed by atoms with van der Waals surface area (Å²) < 4.78 is 10.2. The predicted octanol–water partition coefficient (Wildman–Crippen LogP) is 0.766. The van der Waals surface area contributed by atoms with Crippen LogP contribution >= 0.6 is 0 Å². The third kappa shape index (κ3) is 4.73. The highest BCUT2D eigenvalue weighted by Gasteiger charge is 2.05. The maximum absolute atomic E-state index is 8.57. The Kier molecular flexibility index (Phi) is 5.58. The van der Waals surface area contributed by atoms with Gasteiger partial charge < -0.3 is 14.6 Å². The molecular weight excluding hydrogens is 132 g/mol. The second kappa shape index (κ2) is 5.65. The molecule has 0 amide bonds. The molecule has 2 atom stereocenters. The highest BCUT2D eigenvalue weighted by Crippen LogP contribution is 1.97. The van der Waals surface area contributed by atoms with Gasteiger partial charge >= 0.3 is 0 Å². The lowest BCUT2D eigenvalue weighted by atomic mass is 10.4. The van der Waals surface area contributed by atoms with Crippen LogP contribution in [0, 0.1) is 0 Å². The van der Waals surface area contributed by atoms with Crippen LogP contribution in [0.4, 0.5) is 0 Å². The summed E-state index contributed by atoms with van der Waals surface area (Å²) in [6.07, 6.45) is -0.353. The molecule has 0 fully saturated rings. The lowest BCUT2D eigenvalue weighted by Gasteiger charge is -2.16. The standard InChI is InChI=1S/C7H16O3/c1-4-9-7(3)10-6(2)5-8/h6-8H,4-5H2,1-3H3/t6?,7-/m1/s1. The summed E-state index contributed by atoms with van der Waals surface area (Å²) in [5, 5.41) is 8.57. The Bertz CT molecular complexity index is 75.3. The summed E-state index contributed by atoms with van der Waals surface area (Å²) in [4.78, 5) is 0. The van der Waals surface area contributed by atoms with Crippen LogP contribution in [-0.2, 0) is 9.47 Å². The van der Waals surface area contributed by atoms with E-state index in [4.69, 9.17) is 14.6 Å². The molecule has 10 heavy (non-hydrogen) atoms. The number of rotatable bonds is 5. The smallest absolute Gasteiger partial charge is 0.155 e. The van der Waals surface area contributed by atoms with Gasteiger partial charge in [-0.3, -0.25) is 0 Å². The van der Waals surface area contributed by atoms with Gasteiger partial charge in [-0.2, -0.15) is 0 Å². The predicted molar refractivity (Wildman–Crippen MR) is 38.7 cm³/mol. The molecule has 0 saturated heterocycles. The molecule has 1 unspecified atom stereocenters. The van der Waals surface area contributed by atoms with Crippen molar-refractivity contribution >= 4 is 0 Å². The largest absolute Gasteiger partial charge is 0.394 e. The third-order valence-electron chi connectivity index (χ3n) is 1.08. The van der Waals surface area contributed by atoms with Gasteiger partial charge in [-0.1, -0.05) is 0 Å². The average Bonchev–Trinajstić information content (AvgIpc) is 1.88. The maximum Gasteiger partial charge on any atom is 0.155 e. The minimum Gasteiger partial charge on any atom is -0.394 e. The summed E-state index contributed by atoms with van der Waals surface area (Å²) in [7, 11) is 0. The van der Waals surface area contributed by atoms with Crippen LogP contribution in [0.25, 0.3) is 0 Å². The first-order chi connectivity index (χ1) is 4.70. The average molecular weight is 148 g/mol. The van der Waals surface area contributed by atoms with Crippen molar-refractivity contribution in [1.29, 1.82) is 0 Å². The van der Waals surface area contributed by atoms with E-state index in [0.29, 0.717) is 6.61 Å². The SMILES string of the molecule is CCO[C@@H](C)OC(C)CO. The van der Waals surface area contributed by atoms with Crippen LogP contribution in [0.3, 0.4) is 0 Å². The van der Waals surface area contributed by atoms with E-state index in [-0.39, 0.29) is 19.0 Å². The van der Waals surface area contributed by atoms with E-state index in [2.05, 4.69) is 0 Å².